The third kappa shape index (κ3) is 2.75. The van der Waals surface area contributed by atoms with Crippen LogP contribution in [0.5, 0.6) is 0 Å². The molecule has 2 aliphatic carbocycles. The third-order valence-corrected chi connectivity index (χ3v) is 4.70. The Morgan fingerprint density at radius 3 is 2.35 bits per heavy atom. The first-order valence-corrected chi connectivity index (χ1v) is 7.95. The maximum absolute atomic E-state index is 5.39. The van der Waals surface area contributed by atoms with Gasteiger partial charge < -0.3 is 15.0 Å². The summed E-state index contributed by atoms with van der Waals surface area (Å²) in [6.45, 7) is 3.60. The quantitative estimate of drug-likeness (QED) is 0.894. The van der Waals surface area contributed by atoms with Crippen molar-refractivity contribution in [2.24, 2.45) is 11.8 Å². The van der Waals surface area contributed by atoms with Gasteiger partial charge in [-0.2, -0.15) is 0 Å². The average molecular weight is 273 g/mol. The third-order valence-electron chi connectivity index (χ3n) is 4.70. The van der Waals surface area contributed by atoms with Gasteiger partial charge in [0.2, 0.25) is 0 Å². The van der Waals surface area contributed by atoms with E-state index in [9.17, 15) is 0 Å². The van der Waals surface area contributed by atoms with E-state index in [1.165, 1.54) is 31.4 Å². The van der Waals surface area contributed by atoms with Crippen LogP contribution in [-0.2, 0) is 4.74 Å². The number of hydrogen-bond donors (Lipinski definition) is 1. The molecule has 0 amide bonds. The summed E-state index contributed by atoms with van der Waals surface area (Å²) in [5, 5.41) is 3.68. The molecule has 1 aromatic heterocycles. The minimum atomic E-state index is 0.678. The Morgan fingerprint density at radius 1 is 1.10 bits per heavy atom. The standard InChI is InChI=1S/C16H23N3O/c1-2-12(1)16(13-3-4-13)18-15-6-5-14(11-17-15)19-7-9-20-10-8-19/h5-6,11-13,16H,1-4,7-10H2,(H,17,18). The van der Waals surface area contributed by atoms with Gasteiger partial charge in [0.25, 0.3) is 0 Å². The number of hydrogen-bond acceptors (Lipinski definition) is 4. The van der Waals surface area contributed by atoms with E-state index in [0.29, 0.717) is 6.04 Å². The second-order valence-electron chi connectivity index (χ2n) is 6.35. The van der Waals surface area contributed by atoms with Gasteiger partial charge in [0, 0.05) is 19.1 Å². The smallest absolute Gasteiger partial charge is 0.126 e. The summed E-state index contributed by atoms with van der Waals surface area (Å²) in [5.41, 5.74) is 1.22. The van der Waals surface area contributed by atoms with Gasteiger partial charge in [-0.05, 0) is 49.7 Å². The van der Waals surface area contributed by atoms with Gasteiger partial charge in [0.1, 0.15) is 5.82 Å². The molecule has 0 unspecified atom stereocenters. The molecule has 0 radical (unpaired) electrons. The molecule has 1 aromatic rings. The lowest BCUT2D eigenvalue weighted by Crippen LogP contribution is -2.36. The lowest BCUT2D eigenvalue weighted by atomic mass is 10.1. The SMILES string of the molecule is c1cc(NC(C2CC2)C2CC2)ncc1N1CCOCC1. The number of nitrogens with zero attached hydrogens (tertiary/aromatic N) is 2. The monoisotopic (exact) mass is 273 g/mol. The number of morpholine rings is 1. The van der Waals surface area contributed by atoms with Gasteiger partial charge in [-0.25, -0.2) is 4.98 Å². The Hall–Kier alpha value is -1.29. The Bertz CT molecular complexity index is 435. The number of aromatic nitrogens is 1. The fourth-order valence-corrected chi connectivity index (χ4v) is 3.18. The van der Waals surface area contributed by atoms with Crippen molar-refractivity contribution in [3.63, 3.8) is 0 Å². The zero-order chi connectivity index (χ0) is 13.4. The van der Waals surface area contributed by atoms with Crippen molar-refractivity contribution >= 4 is 11.5 Å². The van der Waals surface area contributed by atoms with Crippen LogP contribution >= 0.6 is 0 Å². The fraction of sp³-hybridized carbons (Fsp3) is 0.688. The number of pyridine rings is 1. The Balaban J connectivity index is 1.41. The van der Waals surface area contributed by atoms with Crippen molar-refractivity contribution in [1.29, 1.82) is 0 Å². The highest BCUT2D eigenvalue weighted by molar-refractivity contribution is 5.50. The fourth-order valence-electron chi connectivity index (χ4n) is 3.18. The highest BCUT2D eigenvalue weighted by Gasteiger charge is 2.41. The van der Waals surface area contributed by atoms with E-state index in [0.717, 1.165) is 44.0 Å². The van der Waals surface area contributed by atoms with Gasteiger partial charge in [0.15, 0.2) is 0 Å². The number of rotatable bonds is 5. The molecular weight excluding hydrogens is 250 g/mol. The normalized spacial score (nSPS) is 23.1. The number of anilines is 2. The van der Waals surface area contributed by atoms with E-state index >= 15 is 0 Å². The molecule has 3 aliphatic rings. The number of ether oxygens (including phenoxy) is 1. The van der Waals surface area contributed by atoms with Gasteiger partial charge in [-0.15, -0.1) is 0 Å². The molecule has 20 heavy (non-hydrogen) atoms. The van der Waals surface area contributed by atoms with E-state index in [-0.39, 0.29) is 0 Å². The molecule has 3 fully saturated rings. The first-order chi connectivity index (χ1) is 9.90. The molecule has 1 saturated heterocycles. The predicted octanol–water partition coefficient (Wildman–Crippen LogP) is 2.52. The van der Waals surface area contributed by atoms with Crippen molar-refractivity contribution < 1.29 is 4.74 Å². The van der Waals surface area contributed by atoms with Crippen LogP contribution in [-0.4, -0.2) is 37.3 Å². The van der Waals surface area contributed by atoms with Crippen molar-refractivity contribution in [3.8, 4) is 0 Å². The summed E-state index contributed by atoms with van der Waals surface area (Å²) in [6, 6.07) is 5.01. The zero-order valence-corrected chi connectivity index (χ0v) is 11.9. The minimum absolute atomic E-state index is 0.678. The second kappa shape index (κ2) is 5.24. The molecule has 1 N–H and O–H groups in total. The van der Waals surface area contributed by atoms with Crippen molar-refractivity contribution in [3.05, 3.63) is 18.3 Å². The highest BCUT2D eigenvalue weighted by atomic mass is 16.5. The highest BCUT2D eigenvalue weighted by Crippen LogP contribution is 2.45. The lowest BCUT2D eigenvalue weighted by Gasteiger charge is -2.28. The lowest BCUT2D eigenvalue weighted by molar-refractivity contribution is 0.122. The molecular formula is C16H23N3O. The number of nitrogens with one attached hydrogen (secondary N) is 1. The Kier molecular flexibility index (Phi) is 3.26. The molecule has 4 heteroatoms. The molecule has 2 saturated carbocycles. The first kappa shape index (κ1) is 12.5. The maximum atomic E-state index is 5.39. The summed E-state index contributed by atoms with van der Waals surface area (Å²) in [5.74, 6) is 2.86. The summed E-state index contributed by atoms with van der Waals surface area (Å²) in [4.78, 5) is 6.97. The average Bonchev–Trinajstić information content (AvgIpc) is 3.40. The second-order valence-corrected chi connectivity index (χ2v) is 6.35. The van der Waals surface area contributed by atoms with Crippen molar-refractivity contribution in [2.45, 2.75) is 31.7 Å². The van der Waals surface area contributed by atoms with Crippen LogP contribution in [0, 0.1) is 11.8 Å². The van der Waals surface area contributed by atoms with Crippen LogP contribution in [0.1, 0.15) is 25.7 Å². The van der Waals surface area contributed by atoms with Crippen LogP contribution in [0.3, 0.4) is 0 Å². The van der Waals surface area contributed by atoms with Crippen LogP contribution < -0.4 is 10.2 Å². The summed E-state index contributed by atoms with van der Waals surface area (Å²) in [7, 11) is 0. The van der Waals surface area contributed by atoms with E-state index in [1.54, 1.807) is 0 Å². The molecule has 0 spiro atoms. The summed E-state index contributed by atoms with van der Waals surface area (Å²) < 4.78 is 5.39. The van der Waals surface area contributed by atoms with Gasteiger partial charge >= 0.3 is 0 Å². The van der Waals surface area contributed by atoms with Crippen LogP contribution in [0.4, 0.5) is 11.5 Å². The van der Waals surface area contributed by atoms with Gasteiger partial charge in [-0.3, -0.25) is 0 Å². The molecule has 108 valence electrons. The van der Waals surface area contributed by atoms with Crippen LogP contribution in [0.25, 0.3) is 0 Å². The molecule has 0 bridgehead atoms. The molecule has 4 nitrogen and oxygen atoms in total. The van der Waals surface area contributed by atoms with Gasteiger partial charge in [-0.1, -0.05) is 0 Å². The first-order valence-electron chi connectivity index (χ1n) is 7.95. The largest absolute Gasteiger partial charge is 0.378 e. The molecule has 0 aromatic carbocycles. The van der Waals surface area contributed by atoms with E-state index in [2.05, 4.69) is 27.3 Å². The predicted molar refractivity (Wildman–Crippen MR) is 80.1 cm³/mol. The summed E-state index contributed by atoms with van der Waals surface area (Å²) in [6.07, 6.45) is 7.62. The van der Waals surface area contributed by atoms with E-state index in [4.69, 9.17) is 4.74 Å². The minimum Gasteiger partial charge on any atom is -0.378 e. The summed E-state index contributed by atoms with van der Waals surface area (Å²) >= 11 is 0. The Morgan fingerprint density at radius 2 is 1.80 bits per heavy atom. The molecule has 1 aliphatic heterocycles. The van der Waals surface area contributed by atoms with Crippen molar-refractivity contribution in [1.82, 2.24) is 4.98 Å². The van der Waals surface area contributed by atoms with E-state index < -0.39 is 0 Å². The topological polar surface area (TPSA) is 37.4 Å². The van der Waals surface area contributed by atoms with Crippen molar-refractivity contribution in [2.75, 3.05) is 36.5 Å². The molecule has 4 rings (SSSR count). The Labute approximate surface area is 120 Å². The maximum Gasteiger partial charge on any atom is 0.126 e. The van der Waals surface area contributed by atoms with E-state index in [1.807, 2.05) is 6.20 Å². The van der Waals surface area contributed by atoms with Gasteiger partial charge in [0.05, 0.1) is 25.1 Å². The molecule has 2 heterocycles. The zero-order valence-electron chi connectivity index (χ0n) is 11.9. The molecule has 0 atom stereocenters. The van der Waals surface area contributed by atoms with Crippen LogP contribution in [0.15, 0.2) is 18.3 Å². The van der Waals surface area contributed by atoms with Crippen LogP contribution in [0.2, 0.25) is 0 Å².